The molecule has 1 aliphatic heterocycles. The van der Waals surface area contributed by atoms with E-state index in [4.69, 9.17) is 14.7 Å². The van der Waals surface area contributed by atoms with Gasteiger partial charge in [-0.25, -0.2) is 9.97 Å². The zero-order valence-electron chi connectivity index (χ0n) is 15.7. The van der Waals surface area contributed by atoms with Crippen LogP contribution in [0.15, 0.2) is 54.9 Å². The van der Waals surface area contributed by atoms with Crippen molar-refractivity contribution in [2.45, 2.75) is 0 Å². The van der Waals surface area contributed by atoms with Crippen LogP contribution in [0.25, 0.3) is 22.3 Å². The van der Waals surface area contributed by atoms with Crippen molar-refractivity contribution in [1.29, 1.82) is 0 Å². The largest absolute Gasteiger partial charge is 0.508 e. The van der Waals surface area contributed by atoms with E-state index < -0.39 is 0 Å². The molecule has 2 aromatic heterocycles. The third kappa shape index (κ3) is 3.70. The van der Waals surface area contributed by atoms with Crippen molar-refractivity contribution in [2.24, 2.45) is 0 Å². The highest BCUT2D eigenvalue weighted by Crippen LogP contribution is 2.28. The van der Waals surface area contributed by atoms with Crippen molar-refractivity contribution < 1.29 is 9.84 Å². The number of fused-ring (bicyclic) bond motifs is 1. The number of hydrogen-bond acceptors (Lipinski definition) is 7. The molecular formula is C21H20N6O2. The molecule has 4 aromatic rings. The minimum atomic E-state index is 0.202. The van der Waals surface area contributed by atoms with E-state index in [2.05, 4.69) is 20.2 Å². The van der Waals surface area contributed by atoms with Gasteiger partial charge in [-0.05, 0) is 30.3 Å². The van der Waals surface area contributed by atoms with Crippen molar-refractivity contribution in [3.8, 4) is 17.0 Å². The van der Waals surface area contributed by atoms with Gasteiger partial charge in [-0.2, -0.15) is 4.98 Å². The molecule has 8 heteroatoms. The summed E-state index contributed by atoms with van der Waals surface area (Å²) in [6, 6.07) is 14.9. The number of benzene rings is 2. The molecule has 0 unspecified atom stereocenters. The molecule has 2 aromatic carbocycles. The summed E-state index contributed by atoms with van der Waals surface area (Å²) < 4.78 is 5.46. The molecular weight excluding hydrogens is 368 g/mol. The van der Waals surface area contributed by atoms with E-state index in [1.54, 1.807) is 24.5 Å². The molecule has 8 nitrogen and oxygen atoms in total. The lowest BCUT2D eigenvalue weighted by atomic mass is 10.1. The average molecular weight is 388 g/mol. The monoisotopic (exact) mass is 388 g/mol. The molecule has 0 radical (unpaired) electrons. The Bertz CT molecular complexity index is 1150. The number of nitrogens with zero attached hydrogens (tertiary/aromatic N) is 4. The van der Waals surface area contributed by atoms with Gasteiger partial charge in [-0.1, -0.05) is 12.1 Å². The molecule has 0 aliphatic carbocycles. The van der Waals surface area contributed by atoms with Gasteiger partial charge in [0.1, 0.15) is 11.6 Å². The molecule has 1 fully saturated rings. The van der Waals surface area contributed by atoms with Gasteiger partial charge in [0, 0.05) is 30.4 Å². The van der Waals surface area contributed by atoms with Crippen LogP contribution in [-0.4, -0.2) is 51.3 Å². The Labute approximate surface area is 167 Å². The van der Waals surface area contributed by atoms with Gasteiger partial charge in [0.05, 0.1) is 36.3 Å². The van der Waals surface area contributed by atoms with E-state index in [0.29, 0.717) is 25.0 Å². The second-order valence-electron chi connectivity index (χ2n) is 6.85. The third-order valence-electron chi connectivity index (χ3n) is 4.84. The standard InChI is InChI=1S/C21H20N6O2/c28-16-3-1-2-14(10-16)18-12-20(26-21(25-18)27-6-8-29-9-7-27)24-15-4-5-17-19(11-15)23-13-22-17/h1-5,10-13,28H,6-9H2,(H,22,23)(H,24,25,26). The fraction of sp³-hybridized carbons (Fsp3) is 0.190. The predicted octanol–water partition coefficient (Wildman–Crippen LogP) is 3.31. The second-order valence-corrected chi connectivity index (χ2v) is 6.85. The molecule has 1 saturated heterocycles. The minimum Gasteiger partial charge on any atom is -0.508 e. The molecule has 5 rings (SSSR count). The predicted molar refractivity (Wildman–Crippen MR) is 112 cm³/mol. The number of aromatic hydroxyl groups is 1. The first kappa shape index (κ1) is 17.4. The Hall–Kier alpha value is -3.65. The lowest BCUT2D eigenvalue weighted by Crippen LogP contribution is -2.37. The van der Waals surface area contributed by atoms with E-state index in [-0.39, 0.29) is 5.75 Å². The van der Waals surface area contributed by atoms with E-state index >= 15 is 0 Å². The number of ether oxygens (including phenoxy) is 1. The van der Waals surface area contributed by atoms with E-state index in [1.807, 2.05) is 30.3 Å². The maximum Gasteiger partial charge on any atom is 0.228 e. The Morgan fingerprint density at radius 1 is 1.03 bits per heavy atom. The van der Waals surface area contributed by atoms with Crippen molar-refractivity contribution in [1.82, 2.24) is 19.9 Å². The number of anilines is 3. The fourth-order valence-corrected chi connectivity index (χ4v) is 3.38. The van der Waals surface area contributed by atoms with Gasteiger partial charge in [0.2, 0.25) is 5.95 Å². The maximum atomic E-state index is 9.88. The molecule has 146 valence electrons. The molecule has 0 saturated carbocycles. The number of imidazole rings is 1. The summed E-state index contributed by atoms with van der Waals surface area (Å²) in [6.45, 7) is 2.78. The molecule has 29 heavy (non-hydrogen) atoms. The molecule has 0 atom stereocenters. The lowest BCUT2D eigenvalue weighted by molar-refractivity contribution is 0.122. The van der Waals surface area contributed by atoms with E-state index in [0.717, 1.165) is 41.1 Å². The molecule has 3 N–H and O–H groups in total. The van der Waals surface area contributed by atoms with Crippen molar-refractivity contribution >= 4 is 28.5 Å². The Balaban J connectivity index is 1.54. The Kier molecular flexibility index (Phi) is 4.45. The van der Waals surface area contributed by atoms with Gasteiger partial charge in [-0.3, -0.25) is 0 Å². The third-order valence-corrected chi connectivity index (χ3v) is 4.84. The van der Waals surface area contributed by atoms with Crippen LogP contribution in [0.3, 0.4) is 0 Å². The number of nitrogens with one attached hydrogen (secondary N) is 2. The molecule has 3 heterocycles. The Morgan fingerprint density at radius 2 is 1.93 bits per heavy atom. The SMILES string of the molecule is Oc1cccc(-c2cc(Nc3ccc4nc[nH]c4c3)nc(N3CCOCC3)n2)c1. The summed E-state index contributed by atoms with van der Waals surface area (Å²) in [5, 5.41) is 13.3. The van der Waals surface area contributed by atoms with Gasteiger partial charge in [0.25, 0.3) is 0 Å². The summed E-state index contributed by atoms with van der Waals surface area (Å²) in [7, 11) is 0. The van der Waals surface area contributed by atoms with Crippen LogP contribution in [0.2, 0.25) is 0 Å². The normalized spacial score (nSPS) is 14.3. The van der Waals surface area contributed by atoms with Gasteiger partial charge in [-0.15, -0.1) is 0 Å². The summed E-state index contributed by atoms with van der Waals surface area (Å²) in [4.78, 5) is 19.0. The van der Waals surface area contributed by atoms with Crippen molar-refractivity contribution in [3.63, 3.8) is 0 Å². The van der Waals surface area contributed by atoms with Crippen LogP contribution >= 0.6 is 0 Å². The van der Waals surface area contributed by atoms with Crippen LogP contribution in [0.5, 0.6) is 5.75 Å². The molecule has 0 amide bonds. The lowest BCUT2D eigenvalue weighted by Gasteiger charge is -2.27. The highest BCUT2D eigenvalue weighted by atomic mass is 16.5. The van der Waals surface area contributed by atoms with Crippen LogP contribution in [-0.2, 0) is 4.74 Å². The summed E-state index contributed by atoms with van der Waals surface area (Å²) >= 11 is 0. The summed E-state index contributed by atoms with van der Waals surface area (Å²) in [6.07, 6.45) is 1.68. The van der Waals surface area contributed by atoms with Gasteiger partial charge < -0.3 is 25.0 Å². The van der Waals surface area contributed by atoms with Crippen LogP contribution in [0.4, 0.5) is 17.5 Å². The Morgan fingerprint density at radius 3 is 2.79 bits per heavy atom. The molecule has 0 bridgehead atoms. The maximum absolute atomic E-state index is 9.88. The second kappa shape index (κ2) is 7.40. The number of aromatic amines is 1. The average Bonchev–Trinajstić information content (AvgIpc) is 3.22. The van der Waals surface area contributed by atoms with Crippen molar-refractivity contribution in [3.05, 3.63) is 54.9 Å². The zero-order valence-corrected chi connectivity index (χ0v) is 15.7. The number of aromatic nitrogens is 4. The first-order valence-electron chi connectivity index (χ1n) is 9.46. The highest BCUT2D eigenvalue weighted by Gasteiger charge is 2.17. The number of morpholine rings is 1. The smallest absolute Gasteiger partial charge is 0.228 e. The fourth-order valence-electron chi connectivity index (χ4n) is 3.38. The van der Waals surface area contributed by atoms with Crippen LogP contribution in [0, 0.1) is 0 Å². The molecule has 1 aliphatic rings. The summed E-state index contributed by atoms with van der Waals surface area (Å²) in [5.41, 5.74) is 4.32. The van der Waals surface area contributed by atoms with E-state index in [1.165, 1.54) is 0 Å². The van der Waals surface area contributed by atoms with Crippen molar-refractivity contribution in [2.75, 3.05) is 36.5 Å². The quantitative estimate of drug-likeness (QED) is 0.493. The first-order chi connectivity index (χ1) is 14.2. The summed E-state index contributed by atoms with van der Waals surface area (Å²) in [5.74, 6) is 1.52. The van der Waals surface area contributed by atoms with Crippen LogP contribution < -0.4 is 10.2 Å². The van der Waals surface area contributed by atoms with Crippen LogP contribution in [0.1, 0.15) is 0 Å². The number of phenolic OH excluding ortho intramolecular Hbond substituents is 1. The topological polar surface area (TPSA) is 99.2 Å². The number of H-pyrrole nitrogens is 1. The molecule has 0 spiro atoms. The van der Waals surface area contributed by atoms with Gasteiger partial charge >= 0.3 is 0 Å². The number of rotatable bonds is 4. The minimum absolute atomic E-state index is 0.202. The van der Waals surface area contributed by atoms with Gasteiger partial charge in [0.15, 0.2) is 0 Å². The zero-order chi connectivity index (χ0) is 19.6. The number of hydrogen-bond donors (Lipinski definition) is 3. The number of phenols is 1. The van der Waals surface area contributed by atoms with E-state index in [9.17, 15) is 5.11 Å². The first-order valence-corrected chi connectivity index (χ1v) is 9.46. The highest BCUT2D eigenvalue weighted by molar-refractivity contribution is 5.80.